The second kappa shape index (κ2) is 6.84. The van der Waals surface area contributed by atoms with Crippen LogP contribution in [0.4, 0.5) is 0 Å². The van der Waals surface area contributed by atoms with Crippen LogP contribution in [0.5, 0.6) is 0 Å². The first-order chi connectivity index (χ1) is 9.20. The Balaban J connectivity index is 2.03. The average molecular weight is 282 g/mol. The molecule has 0 saturated carbocycles. The highest BCUT2D eigenvalue weighted by Gasteiger charge is 2.38. The number of hydrogen-bond acceptors (Lipinski definition) is 4. The summed E-state index contributed by atoms with van der Waals surface area (Å²) in [5, 5.41) is 4.37. The van der Waals surface area contributed by atoms with Crippen LogP contribution in [0, 0.1) is 0 Å². The molecule has 19 heavy (non-hydrogen) atoms. The molecule has 108 valence electrons. The summed E-state index contributed by atoms with van der Waals surface area (Å²) >= 11 is 1.76. The van der Waals surface area contributed by atoms with Crippen molar-refractivity contribution in [2.75, 3.05) is 20.2 Å². The van der Waals surface area contributed by atoms with Crippen LogP contribution in [0.1, 0.15) is 38.2 Å². The number of thiophene rings is 1. The lowest BCUT2D eigenvalue weighted by atomic mass is 9.83. The molecule has 2 rings (SSSR count). The van der Waals surface area contributed by atoms with Gasteiger partial charge in [0.25, 0.3) is 0 Å². The Morgan fingerprint density at radius 3 is 3.05 bits per heavy atom. The molecule has 2 atom stereocenters. The van der Waals surface area contributed by atoms with Crippen LogP contribution in [-0.2, 0) is 11.3 Å². The van der Waals surface area contributed by atoms with Gasteiger partial charge in [-0.25, -0.2) is 0 Å². The largest absolute Gasteiger partial charge is 0.378 e. The molecular weight excluding hydrogens is 256 g/mol. The zero-order chi connectivity index (χ0) is 13.7. The second-order valence-electron chi connectivity index (χ2n) is 5.65. The van der Waals surface area contributed by atoms with Gasteiger partial charge >= 0.3 is 0 Å². The summed E-state index contributed by atoms with van der Waals surface area (Å²) in [6.45, 7) is 4.77. The van der Waals surface area contributed by atoms with Gasteiger partial charge in [-0.2, -0.15) is 11.3 Å². The van der Waals surface area contributed by atoms with E-state index in [1.54, 1.807) is 11.3 Å². The van der Waals surface area contributed by atoms with Crippen molar-refractivity contribution >= 4 is 11.3 Å². The van der Waals surface area contributed by atoms with Gasteiger partial charge in [-0.3, -0.25) is 4.90 Å². The van der Waals surface area contributed by atoms with Crippen LogP contribution in [0.2, 0.25) is 0 Å². The van der Waals surface area contributed by atoms with Crippen molar-refractivity contribution in [1.29, 1.82) is 0 Å². The summed E-state index contributed by atoms with van der Waals surface area (Å²) in [5.41, 5.74) is 7.63. The van der Waals surface area contributed by atoms with Crippen LogP contribution in [-0.4, -0.2) is 36.7 Å². The zero-order valence-electron chi connectivity index (χ0n) is 12.1. The molecule has 0 spiro atoms. The first kappa shape index (κ1) is 15.0. The van der Waals surface area contributed by atoms with E-state index < -0.39 is 0 Å². The van der Waals surface area contributed by atoms with Gasteiger partial charge in [-0.15, -0.1) is 0 Å². The molecular formula is C15H26N2OS. The minimum absolute atomic E-state index is 0.111. The number of nitrogens with two attached hydrogens (primary N) is 1. The lowest BCUT2D eigenvalue weighted by Gasteiger charge is -2.46. The van der Waals surface area contributed by atoms with Gasteiger partial charge < -0.3 is 10.5 Å². The van der Waals surface area contributed by atoms with E-state index in [-0.39, 0.29) is 5.54 Å². The Bertz CT molecular complexity index is 366. The third-order valence-electron chi connectivity index (χ3n) is 4.33. The zero-order valence-corrected chi connectivity index (χ0v) is 12.9. The van der Waals surface area contributed by atoms with Crippen molar-refractivity contribution in [2.45, 2.75) is 50.8 Å². The quantitative estimate of drug-likeness (QED) is 0.872. The molecule has 2 heterocycles. The molecule has 0 bridgehead atoms. The van der Waals surface area contributed by atoms with Crippen molar-refractivity contribution in [3.8, 4) is 0 Å². The Morgan fingerprint density at radius 2 is 2.42 bits per heavy atom. The highest BCUT2D eigenvalue weighted by Crippen LogP contribution is 2.32. The molecule has 0 radical (unpaired) electrons. The Labute approximate surface area is 120 Å². The van der Waals surface area contributed by atoms with E-state index in [1.807, 2.05) is 0 Å². The van der Waals surface area contributed by atoms with E-state index in [0.29, 0.717) is 6.10 Å². The van der Waals surface area contributed by atoms with Crippen molar-refractivity contribution < 1.29 is 4.74 Å². The van der Waals surface area contributed by atoms with E-state index in [4.69, 9.17) is 10.5 Å². The summed E-state index contributed by atoms with van der Waals surface area (Å²) in [6, 6.07) is 2.20. The van der Waals surface area contributed by atoms with Crippen molar-refractivity contribution in [3.63, 3.8) is 0 Å². The molecule has 0 amide bonds. The Hall–Kier alpha value is -0.420. The highest BCUT2D eigenvalue weighted by atomic mass is 32.1. The minimum Gasteiger partial charge on any atom is -0.378 e. The summed E-state index contributed by atoms with van der Waals surface area (Å²) in [7, 11) is 2.21. The number of rotatable bonds is 6. The van der Waals surface area contributed by atoms with E-state index in [0.717, 1.165) is 39.0 Å². The molecule has 1 aromatic rings. The number of nitrogens with zero attached hydrogens (tertiary/aromatic N) is 1. The van der Waals surface area contributed by atoms with Crippen LogP contribution >= 0.6 is 11.3 Å². The molecule has 4 heteroatoms. The minimum atomic E-state index is 0.111. The van der Waals surface area contributed by atoms with Crippen LogP contribution < -0.4 is 5.73 Å². The summed E-state index contributed by atoms with van der Waals surface area (Å²) in [4.78, 5) is 2.44. The molecule has 1 aliphatic rings. The molecule has 2 unspecified atom stereocenters. The van der Waals surface area contributed by atoms with Crippen molar-refractivity contribution in [2.24, 2.45) is 5.73 Å². The molecule has 1 aliphatic heterocycles. The average Bonchev–Trinajstić information content (AvgIpc) is 2.92. The predicted octanol–water partition coefficient (Wildman–Crippen LogP) is 2.86. The first-order valence-electron chi connectivity index (χ1n) is 7.24. The lowest BCUT2D eigenvalue weighted by molar-refractivity contribution is -0.0690. The fourth-order valence-electron chi connectivity index (χ4n) is 3.02. The number of hydrogen-bond donors (Lipinski definition) is 1. The highest BCUT2D eigenvalue weighted by molar-refractivity contribution is 7.07. The summed E-state index contributed by atoms with van der Waals surface area (Å²) in [6.07, 6.45) is 4.82. The van der Waals surface area contributed by atoms with Gasteiger partial charge in [-0.05, 0) is 48.7 Å². The van der Waals surface area contributed by atoms with Gasteiger partial charge in [0.1, 0.15) is 0 Å². The van der Waals surface area contributed by atoms with Crippen molar-refractivity contribution in [3.05, 3.63) is 22.4 Å². The van der Waals surface area contributed by atoms with Crippen molar-refractivity contribution in [1.82, 2.24) is 4.90 Å². The molecule has 1 fully saturated rings. The monoisotopic (exact) mass is 282 g/mol. The lowest BCUT2D eigenvalue weighted by Crippen LogP contribution is -2.56. The topological polar surface area (TPSA) is 38.5 Å². The van der Waals surface area contributed by atoms with Gasteiger partial charge in [0.2, 0.25) is 0 Å². The molecule has 2 N–H and O–H groups in total. The van der Waals surface area contributed by atoms with Crippen LogP contribution in [0.3, 0.4) is 0 Å². The maximum atomic E-state index is 6.13. The maximum absolute atomic E-state index is 6.13. The predicted molar refractivity (Wildman–Crippen MR) is 81.5 cm³/mol. The smallest absolute Gasteiger partial charge is 0.0593 e. The van der Waals surface area contributed by atoms with Gasteiger partial charge in [0.15, 0.2) is 0 Å². The van der Waals surface area contributed by atoms with E-state index in [9.17, 15) is 0 Å². The Kier molecular flexibility index (Phi) is 5.39. The van der Waals surface area contributed by atoms with E-state index in [2.05, 4.69) is 35.7 Å². The summed E-state index contributed by atoms with van der Waals surface area (Å²) < 4.78 is 5.88. The number of ether oxygens (including phenoxy) is 1. The van der Waals surface area contributed by atoms with E-state index in [1.165, 1.54) is 12.0 Å². The fourth-order valence-corrected chi connectivity index (χ4v) is 3.68. The third kappa shape index (κ3) is 3.57. The third-order valence-corrected chi connectivity index (χ3v) is 5.06. The molecule has 1 saturated heterocycles. The van der Waals surface area contributed by atoms with Gasteiger partial charge in [0, 0.05) is 25.2 Å². The Morgan fingerprint density at radius 1 is 1.58 bits per heavy atom. The maximum Gasteiger partial charge on any atom is 0.0593 e. The molecule has 3 nitrogen and oxygen atoms in total. The molecule has 0 aliphatic carbocycles. The number of likely N-dealkylation sites (N-methyl/N-ethyl adjacent to an activating group) is 1. The fraction of sp³-hybridized carbons (Fsp3) is 0.733. The van der Waals surface area contributed by atoms with Crippen LogP contribution in [0.15, 0.2) is 16.8 Å². The first-order valence-corrected chi connectivity index (χ1v) is 8.18. The SMILES string of the molecule is CCCC1CC(CN)(N(C)Cc2ccsc2)CCO1. The summed E-state index contributed by atoms with van der Waals surface area (Å²) in [5.74, 6) is 0. The van der Waals surface area contributed by atoms with Crippen LogP contribution in [0.25, 0.3) is 0 Å². The normalized spacial score (nSPS) is 27.9. The van der Waals surface area contributed by atoms with Gasteiger partial charge in [-0.1, -0.05) is 13.3 Å². The molecule has 1 aromatic heterocycles. The second-order valence-corrected chi connectivity index (χ2v) is 6.43. The molecule has 0 aromatic carbocycles. The standard InChI is InChI=1S/C15H26N2OS/c1-3-4-14-9-15(12-16,6-7-18-14)17(2)10-13-5-8-19-11-13/h5,8,11,14H,3-4,6-7,9-10,12,16H2,1-2H3. The van der Waals surface area contributed by atoms with E-state index >= 15 is 0 Å². The van der Waals surface area contributed by atoms with Gasteiger partial charge in [0.05, 0.1) is 6.10 Å².